The SMILES string of the molecule is CC(=O)NCCN(Cc1ccc(C)s1)c1nnc(C)n1Cc1ccc(OC(F)F)c(F)c1. The molecule has 0 aliphatic heterocycles. The first kappa shape index (κ1) is 23.6. The molecule has 11 heteroatoms. The number of hydrogen-bond donors (Lipinski definition) is 1. The largest absolute Gasteiger partial charge is 0.432 e. The van der Waals surface area contributed by atoms with Crippen LogP contribution in [0.4, 0.5) is 19.1 Å². The molecule has 0 saturated carbocycles. The predicted octanol–water partition coefficient (Wildman–Crippen LogP) is 3.89. The van der Waals surface area contributed by atoms with Gasteiger partial charge in [-0.3, -0.25) is 9.36 Å². The number of thiophene rings is 1. The van der Waals surface area contributed by atoms with Crippen molar-refractivity contribution in [1.29, 1.82) is 0 Å². The molecular formula is C21H24F3N5O2S. The minimum Gasteiger partial charge on any atom is -0.432 e. The van der Waals surface area contributed by atoms with E-state index >= 15 is 0 Å². The molecule has 0 fully saturated rings. The maximum atomic E-state index is 14.2. The predicted molar refractivity (Wildman–Crippen MR) is 116 cm³/mol. The van der Waals surface area contributed by atoms with E-state index in [9.17, 15) is 18.0 Å². The van der Waals surface area contributed by atoms with Gasteiger partial charge in [-0.1, -0.05) is 6.07 Å². The summed E-state index contributed by atoms with van der Waals surface area (Å²) >= 11 is 1.66. The van der Waals surface area contributed by atoms with Gasteiger partial charge in [-0.2, -0.15) is 8.78 Å². The Labute approximate surface area is 187 Å². The number of anilines is 1. The number of nitrogens with zero attached hydrogens (tertiary/aromatic N) is 4. The average Bonchev–Trinajstić information content (AvgIpc) is 3.28. The Bertz CT molecular complexity index is 1070. The third-order valence-corrected chi connectivity index (χ3v) is 5.64. The fourth-order valence-electron chi connectivity index (χ4n) is 3.18. The number of nitrogens with one attached hydrogen (secondary N) is 1. The van der Waals surface area contributed by atoms with Crippen molar-refractivity contribution in [3.05, 3.63) is 57.3 Å². The molecular weight excluding hydrogens is 443 g/mol. The number of ether oxygens (including phenoxy) is 1. The molecule has 0 bridgehead atoms. The van der Waals surface area contributed by atoms with Gasteiger partial charge in [0.15, 0.2) is 11.6 Å². The lowest BCUT2D eigenvalue weighted by atomic mass is 10.2. The van der Waals surface area contributed by atoms with Crippen LogP contribution in [-0.4, -0.2) is 40.4 Å². The first-order chi connectivity index (χ1) is 15.2. The Kier molecular flexibility index (Phi) is 7.73. The molecule has 1 N–H and O–H groups in total. The van der Waals surface area contributed by atoms with E-state index in [1.54, 1.807) is 18.3 Å². The van der Waals surface area contributed by atoms with Gasteiger partial charge in [-0.25, -0.2) is 4.39 Å². The lowest BCUT2D eigenvalue weighted by molar-refractivity contribution is -0.118. The Balaban J connectivity index is 1.85. The van der Waals surface area contributed by atoms with E-state index in [2.05, 4.69) is 20.3 Å². The third kappa shape index (κ3) is 6.22. The summed E-state index contributed by atoms with van der Waals surface area (Å²) in [5.74, 6) is -0.329. The van der Waals surface area contributed by atoms with E-state index in [0.29, 0.717) is 37.0 Å². The highest BCUT2D eigenvalue weighted by atomic mass is 32.1. The Hall–Kier alpha value is -3.08. The summed E-state index contributed by atoms with van der Waals surface area (Å²) < 4.78 is 45.0. The summed E-state index contributed by atoms with van der Waals surface area (Å²) in [6, 6.07) is 7.93. The van der Waals surface area contributed by atoms with Gasteiger partial charge in [-0.15, -0.1) is 21.5 Å². The summed E-state index contributed by atoms with van der Waals surface area (Å²) in [6.45, 7) is 3.87. The molecule has 1 amide bonds. The standard InChI is InChI=1S/C21H24F3N5O2S/c1-13-4-6-17(32-13)12-28(9-8-25-15(3)30)21-27-26-14(2)29(21)11-16-5-7-19(18(22)10-16)31-20(23)24/h4-7,10,20H,8-9,11-12H2,1-3H3,(H,25,30). The molecule has 0 saturated heterocycles. The van der Waals surface area contributed by atoms with Crippen molar-refractivity contribution in [3.63, 3.8) is 0 Å². The number of aromatic nitrogens is 3. The molecule has 0 aliphatic rings. The van der Waals surface area contributed by atoms with Crippen LogP contribution in [0.1, 0.15) is 28.1 Å². The van der Waals surface area contributed by atoms with Gasteiger partial charge in [0.05, 0.1) is 13.1 Å². The van der Waals surface area contributed by atoms with Crippen LogP contribution < -0.4 is 15.0 Å². The molecule has 0 spiro atoms. The molecule has 2 heterocycles. The minimum absolute atomic E-state index is 0.129. The number of carbonyl (C=O) groups excluding carboxylic acids is 1. The zero-order chi connectivity index (χ0) is 23.3. The molecule has 32 heavy (non-hydrogen) atoms. The first-order valence-corrected chi connectivity index (χ1v) is 10.7. The van der Waals surface area contributed by atoms with E-state index < -0.39 is 18.2 Å². The minimum atomic E-state index is -3.10. The Morgan fingerprint density at radius 2 is 2.03 bits per heavy atom. The van der Waals surface area contributed by atoms with Gasteiger partial charge in [0.1, 0.15) is 5.82 Å². The lowest BCUT2D eigenvalue weighted by Gasteiger charge is -2.24. The first-order valence-electron chi connectivity index (χ1n) is 9.90. The van der Waals surface area contributed by atoms with E-state index in [-0.39, 0.29) is 12.5 Å². The monoisotopic (exact) mass is 467 g/mol. The van der Waals surface area contributed by atoms with E-state index in [0.717, 1.165) is 10.9 Å². The Morgan fingerprint density at radius 3 is 2.66 bits per heavy atom. The van der Waals surface area contributed by atoms with Crippen LogP contribution in [0.5, 0.6) is 5.75 Å². The molecule has 172 valence electrons. The third-order valence-electron chi connectivity index (χ3n) is 4.65. The summed E-state index contributed by atoms with van der Waals surface area (Å²) in [7, 11) is 0. The van der Waals surface area contributed by atoms with Crippen molar-refractivity contribution >= 4 is 23.2 Å². The van der Waals surface area contributed by atoms with Gasteiger partial charge < -0.3 is 15.0 Å². The second-order valence-electron chi connectivity index (χ2n) is 7.19. The molecule has 3 rings (SSSR count). The number of aryl methyl sites for hydroxylation is 2. The number of hydrogen-bond acceptors (Lipinski definition) is 6. The fourth-order valence-corrected chi connectivity index (χ4v) is 4.09. The van der Waals surface area contributed by atoms with Gasteiger partial charge in [-0.05, 0) is 43.7 Å². The van der Waals surface area contributed by atoms with Crippen molar-refractivity contribution < 1.29 is 22.7 Å². The molecule has 0 atom stereocenters. The molecule has 0 radical (unpaired) electrons. The van der Waals surface area contributed by atoms with Gasteiger partial charge in [0.2, 0.25) is 11.9 Å². The van der Waals surface area contributed by atoms with E-state index in [1.807, 2.05) is 28.5 Å². The summed E-state index contributed by atoms with van der Waals surface area (Å²) in [6.07, 6.45) is 0. The number of halogens is 3. The van der Waals surface area contributed by atoms with Crippen LogP contribution >= 0.6 is 11.3 Å². The number of rotatable bonds is 10. The second-order valence-corrected chi connectivity index (χ2v) is 8.57. The average molecular weight is 468 g/mol. The van der Waals surface area contributed by atoms with Crippen molar-refractivity contribution in [3.8, 4) is 5.75 Å². The van der Waals surface area contributed by atoms with Crippen LogP contribution in [0.2, 0.25) is 0 Å². The molecule has 2 aromatic heterocycles. The maximum Gasteiger partial charge on any atom is 0.387 e. The van der Waals surface area contributed by atoms with Gasteiger partial charge >= 0.3 is 6.61 Å². The van der Waals surface area contributed by atoms with Crippen molar-refractivity contribution in [2.75, 3.05) is 18.0 Å². The molecule has 1 aromatic carbocycles. The maximum absolute atomic E-state index is 14.2. The van der Waals surface area contributed by atoms with Crippen LogP contribution in [0.25, 0.3) is 0 Å². The van der Waals surface area contributed by atoms with E-state index in [1.165, 1.54) is 23.9 Å². The zero-order valence-corrected chi connectivity index (χ0v) is 18.8. The van der Waals surface area contributed by atoms with Gasteiger partial charge in [0.25, 0.3) is 0 Å². The number of carbonyl (C=O) groups is 1. The van der Waals surface area contributed by atoms with Crippen molar-refractivity contribution in [2.24, 2.45) is 0 Å². The van der Waals surface area contributed by atoms with Crippen LogP contribution in [0.15, 0.2) is 30.3 Å². The topological polar surface area (TPSA) is 72.3 Å². The number of alkyl halides is 2. The van der Waals surface area contributed by atoms with E-state index in [4.69, 9.17) is 0 Å². The molecule has 7 nitrogen and oxygen atoms in total. The summed E-state index contributed by atoms with van der Waals surface area (Å²) in [5.41, 5.74) is 0.544. The lowest BCUT2D eigenvalue weighted by Crippen LogP contribution is -2.35. The Morgan fingerprint density at radius 1 is 1.25 bits per heavy atom. The highest BCUT2D eigenvalue weighted by Gasteiger charge is 2.19. The van der Waals surface area contributed by atoms with Gasteiger partial charge in [0, 0.05) is 29.8 Å². The fraction of sp³-hybridized carbons (Fsp3) is 0.381. The second kappa shape index (κ2) is 10.5. The van der Waals surface area contributed by atoms with Crippen LogP contribution in [-0.2, 0) is 17.9 Å². The smallest absolute Gasteiger partial charge is 0.387 e. The van der Waals surface area contributed by atoms with Crippen LogP contribution in [0, 0.1) is 19.7 Å². The van der Waals surface area contributed by atoms with Crippen molar-refractivity contribution in [2.45, 2.75) is 40.5 Å². The highest BCUT2D eigenvalue weighted by Crippen LogP contribution is 2.24. The quantitative estimate of drug-likeness (QED) is 0.490. The molecule has 3 aromatic rings. The normalized spacial score (nSPS) is 11.1. The molecule has 0 unspecified atom stereocenters. The molecule has 0 aliphatic carbocycles. The number of benzene rings is 1. The number of amides is 1. The summed E-state index contributed by atoms with van der Waals surface area (Å²) in [5, 5.41) is 11.3. The van der Waals surface area contributed by atoms with Crippen LogP contribution in [0.3, 0.4) is 0 Å². The van der Waals surface area contributed by atoms with Crippen molar-refractivity contribution in [1.82, 2.24) is 20.1 Å². The highest BCUT2D eigenvalue weighted by molar-refractivity contribution is 7.11. The summed E-state index contributed by atoms with van der Waals surface area (Å²) in [4.78, 5) is 15.6. The zero-order valence-electron chi connectivity index (χ0n) is 17.9.